The van der Waals surface area contributed by atoms with Crippen LogP contribution < -0.4 is 9.64 Å². The average Bonchev–Trinajstić information content (AvgIpc) is 3.20. The molecule has 3 aliphatic carbocycles. The standard InChI is InChI=1S/C31H25NO8/c1-14-11-22(34)25-20(28(14)35)13-19-17(26(25)27-21(33)7-4-8-23(27)40-2)9-10-18-24(19)30(37)32(29(18)36)16-6-3-5-15(12-16)31(38)39/h3-9,11-12,18-19,24,26,33H,10,13H2,1-2H3,(H,38,39). The molecule has 202 valence electrons. The number of imide groups is 1. The predicted molar refractivity (Wildman–Crippen MR) is 142 cm³/mol. The van der Waals surface area contributed by atoms with Gasteiger partial charge in [0.15, 0.2) is 11.6 Å². The largest absolute Gasteiger partial charge is 0.507 e. The maximum absolute atomic E-state index is 14.0. The number of carbonyl (C=O) groups is 5. The smallest absolute Gasteiger partial charge is 0.335 e. The van der Waals surface area contributed by atoms with Gasteiger partial charge >= 0.3 is 5.97 Å². The highest BCUT2D eigenvalue weighted by molar-refractivity contribution is 6.25. The summed E-state index contributed by atoms with van der Waals surface area (Å²) in [6.07, 6.45) is 3.45. The van der Waals surface area contributed by atoms with E-state index in [0.717, 1.165) is 4.90 Å². The molecule has 6 rings (SSSR count). The lowest BCUT2D eigenvalue weighted by atomic mass is 9.59. The van der Waals surface area contributed by atoms with E-state index in [4.69, 9.17) is 4.74 Å². The van der Waals surface area contributed by atoms with Gasteiger partial charge in [-0.1, -0.05) is 23.8 Å². The van der Waals surface area contributed by atoms with Crippen molar-refractivity contribution < 1.29 is 38.9 Å². The number of hydrogen-bond acceptors (Lipinski definition) is 7. The number of hydrogen-bond donors (Lipinski definition) is 2. The fourth-order valence-electron chi connectivity index (χ4n) is 6.75. The number of aromatic hydroxyl groups is 1. The molecular formula is C31H25NO8. The van der Waals surface area contributed by atoms with Crippen LogP contribution in [-0.2, 0) is 19.2 Å². The Morgan fingerprint density at radius 3 is 2.50 bits per heavy atom. The third kappa shape index (κ3) is 3.57. The van der Waals surface area contributed by atoms with Crippen molar-refractivity contribution in [1.82, 2.24) is 0 Å². The molecule has 0 saturated carbocycles. The highest BCUT2D eigenvalue weighted by Gasteiger charge is 2.57. The zero-order chi connectivity index (χ0) is 28.5. The minimum atomic E-state index is -1.18. The van der Waals surface area contributed by atoms with Crippen molar-refractivity contribution in [3.05, 3.63) is 88.0 Å². The Hall–Kier alpha value is -4.79. The monoisotopic (exact) mass is 539 g/mol. The number of amides is 2. The zero-order valence-electron chi connectivity index (χ0n) is 21.7. The molecule has 2 aromatic rings. The molecule has 40 heavy (non-hydrogen) atoms. The van der Waals surface area contributed by atoms with Crippen LogP contribution in [0.25, 0.3) is 0 Å². The lowest BCUT2D eigenvalue weighted by Gasteiger charge is -2.42. The molecule has 2 amide bonds. The van der Waals surface area contributed by atoms with Gasteiger partial charge in [-0.25, -0.2) is 4.79 Å². The molecule has 1 aliphatic heterocycles. The Bertz CT molecular complexity index is 1640. The molecule has 0 spiro atoms. The molecule has 0 radical (unpaired) electrons. The SMILES string of the molecule is COc1cccc(O)c1C1C2=CCC3C(=O)N(c4cccc(C(=O)O)c4)C(=O)C3C2CC2=C1C(=O)C=C(C)C2=O. The first-order valence-corrected chi connectivity index (χ1v) is 12.9. The van der Waals surface area contributed by atoms with E-state index in [1.807, 2.05) is 6.08 Å². The molecule has 1 heterocycles. The van der Waals surface area contributed by atoms with Crippen LogP contribution in [0.2, 0.25) is 0 Å². The third-order valence-corrected chi connectivity index (χ3v) is 8.47. The van der Waals surface area contributed by atoms with Crippen LogP contribution in [0.3, 0.4) is 0 Å². The lowest BCUT2D eigenvalue weighted by Crippen LogP contribution is -2.40. The summed E-state index contributed by atoms with van der Waals surface area (Å²) in [6.45, 7) is 1.57. The number of allylic oxidation sites excluding steroid dienone is 6. The van der Waals surface area contributed by atoms with Crippen LogP contribution >= 0.6 is 0 Å². The number of fused-ring (bicyclic) bond motifs is 3. The van der Waals surface area contributed by atoms with Crippen LogP contribution in [0, 0.1) is 17.8 Å². The van der Waals surface area contributed by atoms with Crippen molar-refractivity contribution in [2.24, 2.45) is 17.8 Å². The van der Waals surface area contributed by atoms with Gasteiger partial charge in [0.05, 0.1) is 30.2 Å². The van der Waals surface area contributed by atoms with Gasteiger partial charge in [-0.2, -0.15) is 0 Å². The molecule has 1 fully saturated rings. The Morgan fingerprint density at radius 1 is 1.02 bits per heavy atom. The number of ether oxygens (including phenoxy) is 1. The van der Waals surface area contributed by atoms with E-state index < -0.39 is 41.5 Å². The second-order valence-corrected chi connectivity index (χ2v) is 10.5. The molecule has 4 atom stereocenters. The van der Waals surface area contributed by atoms with E-state index in [0.29, 0.717) is 16.9 Å². The Labute approximate surface area is 229 Å². The number of Topliss-reactive ketones (excluding diaryl/α,β-unsaturated/α-hetero) is 1. The number of nitrogens with zero attached hydrogens (tertiary/aromatic N) is 1. The van der Waals surface area contributed by atoms with E-state index in [1.165, 1.54) is 43.5 Å². The van der Waals surface area contributed by atoms with Crippen LogP contribution in [-0.4, -0.2) is 46.7 Å². The minimum absolute atomic E-state index is 0.0560. The highest BCUT2D eigenvalue weighted by atomic mass is 16.5. The van der Waals surface area contributed by atoms with E-state index in [1.54, 1.807) is 19.1 Å². The van der Waals surface area contributed by atoms with Gasteiger partial charge in [0.25, 0.3) is 0 Å². The number of carboxylic acids is 1. The number of methoxy groups -OCH3 is 1. The van der Waals surface area contributed by atoms with Crippen LogP contribution in [0.5, 0.6) is 11.5 Å². The molecule has 4 aliphatic rings. The van der Waals surface area contributed by atoms with Crippen LogP contribution in [0.15, 0.2) is 76.9 Å². The minimum Gasteiger partial charge on any atom is -0.507 e. The summed E-state index contributed by atoms with van der Waals surface area (Å²) in [6, 6.07) is 10.4. The summed E-state index contributed by atoms with van der Waals surface area (Å²) in [5.74, 6) is -5.54. The van der Waals surface area contributed by atoms with Crippen LogP contribution in [0.1, 0.15) is 41.6 Å². The van der Waals surface area contributed by atoms with Crippen molar-refractivity contribution >= 4 is 35.0 Å². The summed E-state index contributed by atoms with van der Waals surface area (Å²) >= 11 is 0. The molecule has 2 N–H and O–H groups in total. The van der Waals surface area contributed by atoms with Crippen molar-refractivity contribution in [3.63, 3.8) is 0 Å². The third-order valence-electron chi connectivity index (χ3n) is 8.47. The van der Waals surface area contributed by atoms with Crippen molar-refractivity contribution in [1.29, 1.82) is 0 Å². The predicted octanol–water partition coefficient (Wildman–Crippen LogP) is 3.73. The number of carbonyl (C=O) groups excluding carboxylic acids is 4. The van der Waals surface area contributed by atoms with Crippen molar-refractivity contribution in [3.8, 4) is 11.5 Å². The Morgan fingerprint density at radius 2 is 1.77 bits per heavy atom. The Kier molecular flexibility index (Phi) is 5.83. The van der Waals surface area contributed by atoms with Gasteiger partial charge in [0.1, 0.15) is 11.5 Å². The van der Waals surface area contributed by atoms with Crippen LogP contribution in [0.4, 0.5) is 5.69 Å². The highest BCUT2D eigenvalue weighted by Crippen LogP contribution is 2.57. The summed E-state index contributed by atoms with van der Waals surface area (Å²) < 4.78 is 5.55. The fourth-order valence-corrected chi connectivity index (χ4v) is 6.75. The normalized spacial score (nSPS) is 25.7. The molecule has 9 nitrogen and oxygen atoms in total. The number of ketones is 2. The first-order valence-electron chi connectivity index (χ1n) is 12.9. The molecule has 2 aromatic carbocycles. The number of phenolic OH excluding ortho intramolecular Hbond substituents is 1. The average molecular weight is 540 g/mol. The molecule has 9 heteroatoms. The maximum Gasteiger partial charge on any atom is 0.335 e. The molecule has 0 aromatic heterocycles. The fraction of sp³-hybridized carbons (Fsp3) is 0.258. The van der Waals surface area contributed by atoms with E-state index in [-0.39, 0.29) is 58.1 Å². The second-order valence-electron chi connectivity index (χ2n) is 10.5. The first-order chi connectivity index (χ1) is 19.1. The second kappa shape index (κ2) is 9.15. The summed E-state index contributed by atoms with van der Waals surface area (Å²) in [5.41, 5.74) is 1.92. The van der Waals surface area contributed by atoms with Gasteiger partial charge in [0, 0.05) is 28.2 Å². The van der Waals surface area contributed by atoms with E-state index >= 15 is 0 Å². The van der Waals surface area contributed by atoms with Gasteiger partial charge in [0.2, 0.25) is 11.8 Å². The van der Waals surface area contributed by atoms with E-state index in [2.05, 4.69) is 0 Å². The first kappa shape index (κ1) is 25.5. The topological polar surface area (TPSA) is 138 Å². The van der Waals surface area contributed by atoms with E-state index in [9.17, 15) is 34.2 Å². The van der Waals surface area contributed by atoms with Gasteiger partial charge in [-0.05, 0) is 62.1 Å². The maximum atomic E-state index is 14.0. The lowest BCUT2D eigenvalue weighted by molar-refractivity contribution is -0.123. The summed E-state index contributed by atoms with van der Waals surface area (Å²) in [4.78, 5) is 67.0. The summed E-state index contributed by atoms with van der Waals surface area (Å²) in [5, 5.41) is 20.4. The van der Waals surface area contributed by atoms with Crippen molar-refractivity contribution in [2.75, 3.05) is 12.0 Å². The number of carboxylic acid groups (broad SMARTS) is 1. The number of benzene rings is 2. The molecule has 0 bridgehead atoms. The zero-order valence-corrected chi connectivity index (χ0v) is 21.7. The number of anilines is 1. The van der Waals surface area contributed by atoms with Gasteiger partial charge < -0.3 is 14.9 Å². The summed E-state index contributed by atoms with van der Waals surface area (Å²) in [7, 11) is 1.44. The van der Waals surface area contributed by atoms with Gasteiger partial charge in [-0.15, -0.1) is 0 Å². The molecular weight excluding hydrogens is 514 g/mol. The molecule has 4 unspecified atom stereocenters. The number of rotatable bonds is 4. The van der Waals surface area contributed by atoms with Crippen molar-refractivity contribution in [2.45, 2.75) is 25.7 Å². The quantitative estimate of drug-likeness (QED) is 0.341. The number of aromatic carboxylic acids is 1. The van der Waals surface area contributed by atoms with Gasteiger partial charge in [-0.3, -0.25) is 24.1 Å². The molecule has 1 saturated heterocycles. The number of phenols is 1. The Balaban J connectivity index is 1.51.